The number of rotatable bonds is 9. The van der Waals surface area contributed by atoms with Gasteiger partial charge in [0.25, 0.3) is 6.86 Å². The number of hydrogen-bond donors (Lipinski definition) is 2. The molecular formula is C24H19FN4O3S. The number of nitrogens with zero attached hydrogens (tertiary/aromatic N) is 3. The first-order chi connectivity index (χ1) is 16.1. The fourth-order valence-corrected chi connectivity index (χ4v) is 4.20. The van der Waals surface area contributed by atoms with Gasteiger partial charge in [-0.2, -0.15) is 9.36 Å². The predicted molar refractivity (Wildman–Crippen MR) is 124 cm³/mol. The summed E-state index contributed by atoms with van der Waals surface area (Å²) >= 11 is 0.974. The van der Waals surface area contributed by atoms with Crippen molar-refractivity contribution < 1.29 is 19.1 Å². The highest BCUT2D eigenvalue weighted by Crippen LogP contribution is 2.40. The molecule has 3 aromatic carbocycles. The van der Waals surface area contributed by atoms with Crippen LogP contribution in [0.5, 0.6) is 0 Å². The molecule has 0 spiro atoms. The van der Waals surface area contributed by atoms with E-state index in [1.54, 1.807) is 0 Å². The van der Waals surface area contributed by atoms with E-state index >= 15 is 0 Å². The molecule has 0 aliphatic carbocycles. The third kappa shape index (κ3) is 4.58. The topological polar surface area (TPSA) is 96.7 Å². The molecule has 33 heavy (non-hydrogen) atoms. The van der Waals surface area contributed by atoms with Gasteiger partial charge >= 0.3 is 5.97 Å². The Kier molecular flexibility index (Phi) is 6.70. The van der Waals surface area contributed by atoms with E-state index in [2.05, 4.69) is 24.7 Å². The molecule has 0 atom stereocenters. The molecule has 0 aliphatic heterocycles. The number of halogens is 1. The second-order valence-corrected chi connectivity index (χ2v) is 7.63. The van der Waals surface area contributed by atoms with Crippen LogP contribution in [-0.2, 0) is 15.2 Å². The molecule has 1 aromatic heterocycles. The Hall–Kier alpha value is -4.11. The van der Waals surface area contributed by atoms with E-state index in [0.29, 0.717) is 5.13 Å². The van der Waals surface area contributed by atoms with Gasteiger partial charge in [-0.15, -0.1) is 0 Å². The maximum absolute atomic E-state index is 12.4. The third-order valence-electron chi connectivity index (χ3n) is 4.96. The van der Waals surface area contributed by atoms with Crippen LogP contribution in [0.15, 0.2) is 96.2 Å². The summed E-state index contributed by atoms with van der Waals surface area (Å²) in [4.78, 5) is 20.1. The molecular weight excluding hydrogens is 443 g/mol. The average molecular weight is 463 g/mol. The van der Waals surface area contributed by atoms with Crippen LogP contribution in [-0.4, -0.2) is 33.0 Å². The number of nitrogens with one attached hydrogen (secondary N) is 1. The van der Waals surface area contributed by atoms with Crippen LogP contribution >= 0.6 is 11.5 Å². The van der Waals surface area contributed by atoms with Gasteiger partial charge in [0.2, 0.25) is 16.7 Å². The van der Waals surface area contributed by atoms with Gasteiger partial charge in [0.05, 0.1) is 0 Å². The number of carboxylic acid groups (broad SMARTS) is 1. The number of oxime groups is 1. The zero-order valence-corrected chi connectivity index (χ0v) is 18.1. The second kappa shape index (κ2) is 10.0. The quantitative estimate of drug-likeness (QED) is 0.213. The number of aromatic nitrogens is 2. The number of aliphatic carboxylic acids is 1. The minimum Gasteiger partial charge on any atom is -0.476 e. The van der Waals surface area contributed by atoms with E-state index in [1.165, 1.54) is 0 Å². The molecule has 0 amide bonds. The lowest BCUT2D eigenvalue weighted by atomic mass is 9.77. The number of carboxylic acids is 1. The minimum absolute atomic E-state index is 0.175. The summed E-state index contributed by atoms with van der Waals surface area (Å²) in [5.41, 5.74) is 1.42. The van der Waals surface area contributed by atoms with Crippen molar-refractivity contribution >= 4 is 28.3 Å². The van der Waals surface area contributed by atoms with Gasteiger partial charge in [-0.05, 0) is 16.7 Å². The minimum atomic E-state index is -1.42. The molecule has 4 aromatic rings. The van der Waals surface area contributed by atoms with Crippen LogP contribution in [0.3, 0.4) is 0 Å². The lowest BCUT2D eigenvalue weighted by Crippen LogP contribution is -2.38. The first-order valence-electron chi connectivity index (χ1n) is 9.93. The molecule has 4 rings (SSSR count). The van der Waals surface area contributed by atoms with Gasteiger partial charge < -0.3 is 15.3 Å². The van der Waals surface area contributed by atoms with Gasteiger partial charge in [0.1, 0.15) is 5.54 Å². The van der Waals surface area contributed by atoms with Crippen molar-refractivity contribution in [3.8, 4) is 0 Å². The Morgan fingerprint density at radius 1 is 0.939 bits per heavy atom. The lowest BCUT2D eigenvalue weighted by molar-refractivity contribution is -0.129. The summed E-state index contributed by atoms with van der Waals surface area (Å²) < 4.78 is 16.5. The molecule has 2 N–H and O–H groups in total. The van der Waals surface area contributed by atoms with E-state index < -0.39 is 24.1 Å². The van der Waals surface area contributed by atoms with Crippen molar-refractivity contribution in [2.45, 2.75) is 5.54 Å². The van der Waals surface area contributed by atoms with Crippen LogP contribution in [0, 0.1) is 0 Å². The molecule has 0 unspecified atom stereocenters. The first kappa shape index (κ1) is 22.1. The number of hydrogen-bond acceptors (Lipinski definition) is 7. The van der Waals surface area contributed by atoms with Gasteiger partial charge in [-0.1, -0.05) is 96.2 Å². The summed E-state index contributed by atoms with van der Waals surface area (Å²) in [7, 11) is 0. The largest absolute Gasteiger partial charge is 0.476 e. The Morgan fingerprint density at radius 2 is 1.42 bits per heavy atom. The van der Waals surface area contributed by atoms with Crippen molar-refractivity contribution in [3.05, 3.63) is 114 Å². The van der Waals surface area contributed by atoms with E-state index in [4.69, 9.17) is 0 Å². The Morgan fingerprint density at radius 3 is 1.85 bits per heavy atom. The molecule has 1 heterocycles. The summed E-state index contributed by atoms with van der Waals surface area (Å²) in [5, 5.41) is 16.5. The normalized spacial score (nSPS) is 11.7. The lowest BCUT2D eigenvalue weighted by Gasteiger charge is -2.36. The number of benzene rings is 3. The summed E-state index contributed by atoms with van der Waals surface area (Å²) in [6, 6.07) is 29.6. The predicted octanol–water partition coefficient (Wildman–Crippen LogP) is 4.67. The summed E-state index contributed by atoms with van der Waals surface area (Å²) in [6.07, 6.45) is 0. The van der Waals surface area contributed by atoms with Crippen molar-refractivity contribution in [2.24, 2.45) is 5.16 Å². The highest BCUT2D eigenvalue weighted by Gasteiger charge is 2.37. The summed E-state index contributed by atoms with van der Waals surface area (Å²) in [6.45, 7) is -1.26. The molecule has 0 saturated heterocycles. The van der Waals surface area contributed by atoms with Crippen LogP contribution in [0.4, 0.5) is 9.52 Å². The molecule has 0 fully saturated rings. The molecule has 7 nitrogen and oxygen atoms in total. The fourth-order valence-electron chi connectivity index (χ4n) is 3.58. The van der Waals surface area contributed by atoms with Crippen molar-refractivity contribution in [2.75, 3.05) is 12.2 Å². The van der Waals surface area contributed by atoms with Gasteiger partial charge in [-0.25, -0.2) is 9.18 Å². The van der Waals surface area contributed by atoms with Gasteiger partial charge in [0.15, 0.2) is 0 Å². The van der Waals surface area contributed by atoms with E-state index in [9.17, 15) is 14.3 Å². The molecule has 9 heteroatoms. The Balaban J connectivity index is 1.87. The highest BCUT2D eigenvalue weighted by molar-refractivity contribution is 7.09. The standard InChI is InChI=1S/C24H19FN4O3S/c25-16-32-28-20(22(30)31)21-26-23(33-29-21)27-24(17-10-4-1-5-11-17,18-12-6-2-7-13-18)19-14-8-3-9-15-19/h1-15H,16H2,(H,30,31)(H,26,27,29)/b28-20-. The molecule has 0 radical (unpaired) electrons. The molecule has 166 valence electrons. The van der Waals surface area contributed by atoms with Gasteiger partial charge in [-0.3, -0.25) is 0 Å². The van der Waals surface area contributed by atoms with E-state index in [1.807, 2.05) is 91.0 Å². The smallest absolute Gasteiger partial charge is 0.362 e. The highest BCUT2D eigenvalue weighted by atomic mass is 32.1. The van der Waals surface area contributed by atoms with Crippen molar-refractivity contribution in [1.29, 1.82) is 0 Å². The molecule has 0 saturated carbocycles. The number of carbonyl (C=O) groups is 1. The number of alkyl halides is 1. The van der Waals surface area contributed by atoms with Crippen LogP contribution in [0.2, 0.25) is 0 Å². The van der Waals surface area contributed by atoms with Crippen LogP contribution < -0.4 is 5.32 Å². The average Bonchev–Trinajstić information content (AvgIpc) is 3.32. The Bertz CT molecular complexity index is 1140. The monoisotopic (exact) mass is 462 g/mol. The molecule has 0 bridgehead atoms. The molecule has 0 aliphatic rings. The van der Waals surface area contributed by atoms with E-state index in [0.717, 1.165) is 28.2 Å². The van der Waals surface area contributed by atoms with E-state index in [-0.39, 0.29) is 5.82 Å². The van der Waals surface area contributed by atoms with Crippen LogP contribution in [0.25, 0.3) is 0 Å². The third-order valence-corrected chi connectivity index (χ3v) is 5.59. The zero-order chi connectivity index (χ0) is 23.1. The number of anilines is 1. The van der Waals surface area contributed by atoms with Gasteiger partial charge in [0, 0.05) is 11.5 Å². The second-order valence-electron chi connectivity index (χ2n) is 6.88. The Labute approximate surface area is 193 Å². The van der Waals surface area contributed by atoms with Crippen molar-refractivity contribution in [3.63, 3.8) is 0 Å². The maximum atomic E-state index is 12.4. The SMILES string of the molecule is O=C(O)/C(=N\OCF)c1nsc(NC(c2ccccc2)(c2ccccc2)c2ccccc2)n1. The van der Waals surface area contributed by atoms with Crippen LogP contribution in [0.1, 0.15) is 22.5 Å². The maximum Gasteiger partial charge on any atom is 0.362 e. The summed E-state index contributed by atoms with van der Waals surface area (Å²) in [5.74, 6) is -1.60. The zero-order valence-electron chi connectivity index (χ0n) is 17.3. The van der Waals surface area contributed by atoms with Crippen molar-refractivity contribution in [1.82, 2.24) is 9.36 Å². The fraction of sp³-hybridized carbons (Fsp3) is 0.0833. The first-order valence-corrected chi connectivity index (χ1v) is 10.7.